The lowest BCUT2D eigenvalue weighted by atomic mass is 9.85. The monoisotopic (exact) mass is 319 g/mol. The maximum atomic E-state index is 3.46. The topological polar surface area (TPSA) is 6.02 Å². The molecule has 1 heterocycles. The van der Waals surface area contributed by atoms with E-state index < -0.39 is 0 Å². The van der Waals surface area contributed by atoms with Crippen LogP contribution in [0.25, 0.3) is 0 Å². The van der Waals surface area contributed by atoms with Gasteiger partial charge in [0.1, 0.15) is 18.9 Å². The van der Waals surface area contributed by atoms with Crippen LogP contribution in [0.5, 0.6) is 0 Å². The maximum Gasteiger partial charge on any atom is 0.426 e. The highest BCUT2D eigenvalue weighted by atomic mass is 15.2. The van der Waals surface area contributed by atoms with E-state index in [9.17, 15) is 0 Å². The van der Waals surface area contributed by atoms with Crippen molar-refractivity contribution in [1.82, 2.24) is 0 Å². The average molecular weight is 319 g/mol. The van der Waals surface area contributed by atoms with Gasteiger partial charge in [-0.15, -0.1) is 0 Å². The summed E-state index contributed by atoms with van der Waals surface area (Å²) in [5.41, 5.74) is 5.47. The summed E-state index contributed by atoms with van der Waals surface area (Å²) in [5.74, 6) is 0.992. The number of para-hydroxylation sites is 1. The van der Waals surface area contributed by atoms with Gasteiger partial charge >= 0.3 is 6.34 Å². The molecule has 1 aliphatic rings. The van der Waals surface area contributed by atoms with Gasteiger partial charge in [-0.1, -0.05) is 64.1 Å². The summed E-state index contributed by atoms with van der Waals surface area (Å²) >= 11 is 0. The molecule has 2 aromatic rings. The van der Waals surface area contributed by atoms with Gasteiger partial charge in [0.15, 0.2) is 0 Å². The zero-order valence-electron chi connectivity index (χ0n) is 15.3. The minimum Gasteiger partial charge on any atom is -0.249 e. The minimum absolute atomic E-state index is 0.188. The van der Waals surface area contributed by atoms with Crippen molar-refractivity contribution in [2.24, 2.45) is 0 Å². The van der Waals surface area contributed by atoms with Gasteiger partial charge in [-0.2, -0.15) is 0 Å². The van der Waals surface area contributed by atoms with Crippen LogP contribution >= 0.6 is 0 Å². The van der Waals surface area contributed by atoms with Gasteiger partial charge in [0.05, 0.1) is 0 Å². The third-order valence-corrected chi connectivity index (χ3v) is 4.66. The molecule has 2 aromatic carbocycles. The quantitative estimate of drug-likeness (QED) is 0.555. The molecule has 24 heavy (non-hydrogen) atoms. The fourth-order valence-corrected chi connectivity index (χ4v) is 3.50. The summed E-state index contributed by atoms with van der Waals surface area (Å²) in [4.78, 5) is 0. The van der Waals surface area contributed by atoms with E-state index in [4.69, 9.17) is 0 Å². The molecule has 0 saturated carbocycles. The highest BCUT2D eigenvalue weighted by Crippen LogP contribution is 2.36. The Morgan fingerprint density at radius 2 is 1.42 bits per heavy atom. The van der Waals surface area contributed by atoms with Crippen molar-refractivity contribution >= 4 is 18.2 Å². The van der Waals surface area contributed by atoms with Crippen LogP contribution in [0.4, 0.5) is 5.69 Å². The van der Waals surface area contributed by atoms with Gasteiger partial charge in [-0.05, 0) is 35.1 Å². The molecule has 0 aliphatic carbocycles. The Hall–Kier alpha value is -2.22. The molecule has 0 fully saturated rings. The molecule has 0 radical (unpaired) electrons. The van der Waals surface area contributed by atoms with E-state index in [1.807, 2.05) is 0 Å². The van der Waals surface area contributed by atoms with Crippen LogP contribution in [-0.2, 0) is 0 Å². The Morgan fingerprint density at radius 3 is 1.96 bits per heavy atom. The van der Waals surface area contributed by atoms with Crippen LogP contribution in [-0.4, -0.2) is 28.8 Å². The molecule has 1 atom stereocenters. The van der Waals surface area contributed by atoms with Crippen LogP contribution in [0.15, 0.2) is 48.5 Å². The van der Waals surface area contributed by atoms with Crippen molar-refractivity contribution in [1.29, 1.82) is 0 Å². The van der Waals surface area contributed by atoms with Gasteiger partial charge in [-0.25, -0.2) is 9.15 Å². The first-order valence-electron chi connectivity index (χ1n) is 8.80. The Balaban J connectivity index is 2.19. The van der Waals surface area contributed by atoms with Crippen LogP contribution < -0.4 is 0 Å². The highest BCUT2D eigenvalue weighted by molar-refractivity contribution is 5.71. The van der Waals surface area contributed by atoms with Gasteiger partial charge in [0.2, 0.25) is 6.04 Å². The van der Waals surface area contributed by atoms with Gasteiger partial charge in [0, 0.05) is 5.56 Å². The summed E-state index contributed by atoms with van der Waals surface area (Å²) < 4.78 is 4.31. The second-order valence-corrected chi connectivity index (χ2v) is 7.17. The van der Waals surface area contributed by atoms with Crippen molar-refractivity contribution in [2.75, 3.05) is 7.05 Å². The molecule has 2 heteroatoms. The molecule has 3 rings (SSSR count). The Kier molecular flexibility index (Phi) is 4.66. The molecular formula is C22H27N2+. The van der Waals surface area contributed by atoms with Crippen molar-refractivity contribution in [2.45, 2.75) is 45.6 Å². The van der Waals surface area contributed by atoms with E-state index in [1.165, 1.54) is 22.4 Å². The smallest absolute Gasteiger partial charge is 0.249 e. The predicted octanol–water partition coefficient (Wildman–Crippen LogP) is 4.95. The van der Waals surface area contributed by atoms with Crippen molar-refractivity contribution in [3.05, 3.63) is 65.2 Å². The SMILES string of the molecule is CC(C)c1cccc(C(C)C)c1C1C=[N+](C)[C-]=[N+]1c1ccccc1. The first kappa shape index (κ1) is 16.6. The second-order valence-electron chi connectivity index (χ2n) is 7.17. The number of benzene rings is 2. The van der Waals surface area contributed by atoms with E-state index in [0.717, 1.165) is 0 Å². The first-order valence-corrected chi connectivity index (χ1v) is 8.80. The number of hydrogen-bond donors (Lipinski definition) is 0. The van der Waals surface area contributed by atoms with Crippen molar-refractivity contribution in [3.8, 4) is 0 Å². The Morgan fingerprint density at radius 1 is 0.833 bits per heavy atom. The number of hydrogen-bond acceptors (Lipinski definition) is 0. The number of nitrogens with zero attached hydrogens (tertiary/aromatic N) is 2. The van der Waals surface area contributed by atoms with E-state index in [-0.39, 0.29) is 6.04 Å². The second kappa shape index (κ2) is 6.72. The Labute approximate surface area is 145 Å². The molecule has 0 bridgehead atoms. The van der Waals surface area contributed by atoms with Crippen molar-refractivity contribution < 1.29 is 9.15 Å². The normalized spacial score (nSPS) is 17.4. The molecule has 124 valence electrons. The molecular weight excluding hydrogens is 292 g/mol. The lowest BCUT2D eigenvalue weighted by molar-refractivity contribution is -0.490. The number of rotatable bonds is 4. The average Bonchev–Trinajstić information content (AvgIpc) is 2.96. The minimum atomic E-state index is 0.188. The van der Waals surface area contributed by atoms with E-state index >= 15 is 0 Å². The summed E-state index contributed by atoms with van der Waals surface area (Å²) in [6.07, 6.45) is 5.73. The zero-order valence-corrected chi connectivity index (χ0v) is 15.3. The molecule has 1 aliphatic heterocycles. The fourth-order valence-electron chi connectivity index (χ4n) is 3.50. The summed E-state index contributed by atoms with van der Waals surface area (Å²) in [5, 5.41) is 0. The first-order chi connectivity index (χ1) is 11.5. The fraction of sp³-hybridized carbons (Fsp3) is 0.364. The molecule has 0 amide bonds. The van der Waals surface area contributed by atoms with Gasteiger partial charge < -0.3 is 0 Å². The van der Waals surface area contributed by atoms with Gasteiger partial charge in [0.25, 0.3) is 0 Å². The van der Waals surface area contributed by atoms with E-state index in [2.05, 4.69) is 105 Å². The van der Waals surface area contributed by atoms with Crippen LogP contribution in [0.2, 0.25) is 0 Å². The molecule has 0 saturated heterocycles. The van der Waals surface area contributed by atoms with E-state index in [0.29, 0.717) is 11.8 Å². The van der Waals surface area contributed by atoms with Gasteiger partial charge in [-0.3, -0.25) is 0 Å². The predicted molar refractivity (Wildman–Crippen MR) is 101 cm³/mol. The zero-order chi connectivity index (χ0) is 17.3. The summed E-state index contributed by atoms with van der Waals surface area (Å²) in [7, 11) is 2.06. The van der Waals surface area contributed by atoms with Crippen LogP contribution in [0, 0.1) is 0 Å². The largest absolute Gasteiger partial charge is 0.426 e. The van der Waals surface area contributed by atoms with Crippen LogP contribution in [0.1, 0.15) is 62.3 Å². The highest BCUT2D eigenvalue weighted by Gasteiger charge is 2.32. The lowest BCUT2D eigenvalue weighted by Gasteiger charge is -2.22. The molecule has 1 unspecified atom stereocenters. The molecule has 2 nitrogen and oxygen atoms in total. The molecule has 0 N–H and O–H groups in total. The summed E-state index contributed by atoms with van der Waals surface area (Å²) in [6.45, 7) is 9.12. The third-order valence-electron chi connectivity index (χ3n) is 4.66. The van der Waals surface area contributed by atoms with Crippen LogP contribution in [0.3, 0.4) is 0 Å². The summed E-state index contributed by atoms with van der Waals surface area (Å²) in [6, 6.07) is 17.5. The van der Waals surface area contributed by atoms with Crippen molar-refractivity contribution in [3.63, 3.8) is 0 Å². The lowest BCUT2D eigenvalue weighted by Crippen LogP contribution is -2.17. The standard InChI is InChI=1S/C22H27N2/c1-16(2)19-12-9-13-20(17(3)4)22(19)21-14-23(5)15-24(21)18-10-7-6-8-11-18/h6-14,16-17,21H,1-5H3/q+1. The maximum absolute atomic E-state index is 3.46. The Bertz CT molecular complexity index is 757. The third kappa shape index (κ3) is 3.06. The molecule has 0 spiro atoms. The van der Waals surface area contributed by atoms with E-state index in [1.54, 1.807) is 0 Å². The molecule has 0 aromatic heterocycles.